The van der Waals surface area contributed by atoms with Gasteiger partial charge in [-0.1, -0.05) is 39.8 Å². The third kappa shape index (κ3) is 6.08. The molecule has 4 heteroatoms. The molecule has 0 bridgehead atoms. The molecule has 1 amide bonds. The average Bonchev–Trinajstić information content (AvgIpc) is 2.33. The Hall–Kier alpha value is -1.06. The van der Waals surface area contributed by atoms with Gasteiger partial charge in [0.1, 0.15) is 0 Å². The Labute approximate surface area is 122 Å². The molecular formula is C15H25ClN2O. The summed E-state index contributed by atoms with van der Waals surface area (Å²) in [6.07, 6.45) is 0. The molecule has 1 aromatic rings. The van der Waals surface area contributed by atoms with E-state index in [2.05, 4.69) is 31.4 Å². The normalized spacial score (nSPS) is 10.7. The molecule has 108 valence electrons. The highest BCUT2D eigenvalue weighted by molar-refractivity contribution is 5.94. The van der Waals surface area contributed by atoms with Crippen molar-refractivity contribution in [3.8, 4) is 0 Å². The SMILES string of the molecule is CCNCCNC(=O)c1ccc(C(C)(C)C)cc1.Cl. The number of carbonyl (C=O) groups is 1. The number of amides is 1. The fourth-order valence-electron chi connectivity index (χ4n) is 1.66. The number of nitrogens with one attached hydrogen (secondary N) is 2. The molecule has 0 atom stereocenters. The van der Waals surface area contributed by atoms with Gasteiger partial charge in [0.15, 0.2) is 0 Å². The molecule has 3 nitrogen and oxygen atoms in total. The first-order valence-electron chi connectivity index (χ1n) is 6.54. The van der Waals surface area contributed by atoms with Crippen molar-refractivity contribution in [1.82, 2.24) is 10.6 Å². The number of carbonyl (C=O) groups excluding carboxylic acids is 1. The molecule has 0 unspecified atom stereocenters. The summed E-state index contributed by atoms with van der Waals surface area (Å²) in [6.45, 7) is 10.9. The molecule has 0 heterocycles. The van der Waals surface area contributed by atoms with E-state index in [0.717, 1.165) is 18.7 Å². The smallest absolute Gasteiger partial charge is 0.251 e. The molecule has 19 heavy (non-hydrogen) atoms. The van der Waals surface area contributed by atoms with Crippen LogP contribution in [0, 0.1) is 0 Å². The van der Waals surface area contributed by atoms with Gasteiger partial charge in [-0.25, -0.2) is 0 Å². The fraction of sp³-hybridized carbons (Fsp3) is 0.533. The topological polar surface area (TPSA) is 41.1 Å². The van der Waals surface area contributed by atoms with E-state index < -0.39 is 0 Å². The van der Waals surface area contributed by atoms with Gasteiger partial charge in [-0.3, -0.25) is 4.79 Å². The van der Waals surface area contributed by atoms with Crippen LogP contribution in [-0.2, 0) is 5.41 Å². The van der Waals surface area contributed by atoms with Crippen molar-refractivity contribution in [2.75, 3.05) is 19.6 Å². The van der Waals surface area contributed by atoms with Crippen LogP contribution in [0.1, 0.15) is 43.6 Å². The lowest BCUT2D eigenvalue weighted by atomic mass is 9.87. The Balaban J connectivity index is 0.00000324. The monoisotopic (exact) mass is 284 g/mol. The van der Waals surface area contributed by atoms with Crippen LogP contribution in [0.2, 0.25) is 0 Å². The predicted molar refractivity (Wildman–Crippen MR) is 83.3 cm³/mol. The molecule has 0 aliphatic heterocycles. The van der Waals surface area contributed by atoms with E-state index in [9.17, 15) is 4.79 Å². The molecule has 0 spiro atoms. The van der Waals surface area contributed by atoms with Crippen LogP contribution >= 0.6 is 12.4 Å². The first kappa shape index (κ1) is 17.9. The molecule has 0 aliphatic carbocycles. The summed E-state index contributed by atoms with van der Waals surface area (Å²) in [5, 5.41) is 6.06. The summed E-state index contributed by atoms with van der Waals surface area (Å²) in [5.74, 6) is -0.00615. The second-order valence-electron chi connectivity index (χ2n) is 5.44. The highest BCUT2D eigenvalue weighted by Gasteiger charge is 2.13. The summed E-state index contributed by atoms with van der Waals surface area (Å²) >= 11 is 0. The molecule has 1 aromatic carbocycles. The number of likely N-dealkylation sites (N-methyl/N-ethyl adjacent to an activating group) is 1. The van der Waals surface area contributed by atoms with E-state index in [1.54, 1.807) is 0 Å². The van der Waals surface area contributed by atoms with Gasteiger partial charge in [0.2, 0.25) is 0 Å². The van der Waals surface area contributed by atoms with Crippen molar-refractivity contribution in [2.24, 2.45) is 0 Å². The van der Waals surface area contributed by atoms with Gasteiger partial charge >= 0.3 is 0 Å². The van der Waals surface area contributed by atoms with Crippen molar-refractivity contribution in [3.05, 3.63) is 35.4 Å². The van der Waals surface area contributed by atoms with Crippen LogP contribution in [0.5, 0.6) is 0 Å². The number of hydrogen-bond acceptors (Lipinski definition) is 2. The van der Waals surface area contributed by atoms with Crippen LogP contribution in [0.15, 0.2) is 24.3 Å². The van der Waals surface area contributed by atoms with E-state index in [4.69, 9.17) is 0 Å². The highest BCUT2D eigenvalue weighted by Crippen LogP contribution is 2.22. The van der Waals surface area contributed by atoms with Crippen molar-refractivity contribution >= 4 is 18.3 Å². The summed E-state index contributed by atoms with van der Waals surface area (Å²) in [6, 6.07) is 7.84. The zero-order valence-electron chi connectivity index (χ0n) is 12.2. The summed E-state index contributed by atoms with van der Waals surface area (Å²) in [7, 11) is 0. The third-order valence-electron chi connectivity index (χ3n) is 2.85. The van der Waals surface area contributed by atoms with Gasteiger partial charge in [-0.05, 0) is 29.7 Å². The summed E-state index contributed by atoms with van der Waals surface area (Å²) < 4.78 is 0. The third-order valence-corrected chi connectivity index (χ3v) is 2.85. The van der Waals surface area contributed by atoms with Gasteiger partial charge in [0, 0.05) is 18.7 Å². The number of benzene rings is 1. The van der Waals surface area contributed by atoms with Crippen molar-refractivity contribution < 1.29 is 4.79 Å². The number of halogens is 1. The summed E-state index contributed by atoms with van der Waals surface area (Å²) in [5.41, 5.74) is 2.09. The van der Waals surface area contributed by atoms with E-state index in [-0.39, 0.29) is 23.7 Å². The molecule has 0 saturated heterocycles. The molecule has 0 radical (unpaired) electrons. The predicted octanol–water partition coefficient (Wildman–Crippen LogP) is 2.75. The minimum Gasteiger partial charge on any atom is -0.351 e. The number of hydrogen-bond donors (Lipinski definition) is 2. The van der Waals surface area contributed by atoms with Crippen LogP contribution in [-0.4, -0.2) is 25.5 Å². The Morgan fingerprint density at radius 3 is 2.16 bits per heavy atom. The Morgan fingerprint density at radius 2 is 1.68 bits per heavy atom. The molecule has 0 fully saturated rings. The molecule has 2 N–H and O–H groups in total. The van der Waals surface area contributed by atoms with E-state index >= 15 is 0 Å². The fourth-order valence-corrected chi connectivity index (χ4v) is 1.66. The van der Waals surface area contributed by atoms with Gasteiger partial charge in [0.05, 0.1) is 0 Å². The van der Waals surface area contributed by atoms with Crippen LogP contribution in [0.4, 0.5) is 0 Å². The lowest BCUT2D eigenvalue weighted by molar-refractivity contribution is 0.0954. The first-order chi connectivity index (χ1) is 8.45. The average molecular weight is 285 g/mol. The Bertz CT molecular complexity index is 382. The largest absolute Gasteiger partial charge is 0.351 e. The standard InChI is InChI=1S/C15H24N2O.ClH/c1-5-16-10-11-17-14(18)12-6-8-13(9-7-12)15(2,3)4;/h6-9,16H,5,10-11H2,1-4H3,(H,17,18);1H. The van der Waals surface area contributed by atoms with Crippen molar-refractivity contribution in [1.29, 1.82) is 0 Å². The molecule has 0 saturated carbocycles. The van der Waals surface area contributed by atoms with E-state index in [0.29, 0.717) is 6.54 Å². The van der Waals surface area contributed by atoms with Gasteiger partial charge in [-0.15, -0.1) is 12.4 Å². The van der Waals surface area contributed by atoms with E-state index in [1.165, 1.54) is 5.56 Å². The molecule has 1 rings (SSSR count). The maximum Gasteiger partial charge on any atom is 0.251 e. The molecular weight excluding hydrogens is 260 g/mol. The highest BCUT2D eigenvalue weighted by atomic mass is 35.5. The summed E-state index contributed by atoms with van der Waals surface area (Å²) in [4.78, 5) is 11.8. The van der Waals surface area contributed by atoms with Crippen molar-refractivity contribution in [3.63, 3.8) is 0 Å². The van der Waals surface area contributed by atoms with Crippen LogP contribution in [0.25, 0.3) is 0 Å². The maximum atomic E-state index is 11.8. The number of rotatable bonds is 5. The Morgan fingerprint density at radius 1 is 1.11 bits per heavy atom. The van der Waals surface area contributed by atoms with E-state index in [1.807, 2.05) is 31.2 Å². The van der Waals surface area contributed by atoms with Crippen molar-refractivity contribution in [2.45, 2.75) is 33.1 Å². The zero-order chi connectivity index (χ0) is 13.6. The van der Waals surface area contributed by atoms with Gasteiger partial charge in [0.25, 0.3) is 5.91 Å². The maximum absolute atomic E-state index is 11.8. The zero-order valence-corrected chi connectivity index (χ0v) is 13.1. The second kappa shape index (κ2) is 8.18. The lowest BCUT2D eigenvalue weighted by Gasteiger charge is -2.19. The van der Waals surface area contributed by atoms with Gasteiger partial charge < -0.3 is 10.6 Å². The second-order valence-corrected chi connectivity index (χ2v) is 5.44. The quantitative estimate of drug-likeness (QED) is 0.817. The van der Waals surface area contributed by atoms with Gasteiger partial charge in [-0.2, -0.15) is 0 Å². The molecule has 0 aliphatic rings. The minimum absolute atomic E-state index is 0. The molecule has 0 aromatic heterocycles. The first-order valence-corrected chi connectivity index (χ1v) is 6.54. The van der Waals surface area contributed by atoms with Crippen LogP contribution < -0.4 is 10.6 Å². The Kier molecular flexibility index (Phi) is 7.72. The lowest BCUT2D eigenvalue weighted by Crippen LogP contribution is -2.31. The van der Waals surface area contributed by atoms with Crippen LogP contribution in [0.3, 0.4) is 0 Å². The minimum atomic E-state index is -0.00615.